The Morgan fingerprint density at radius 2 is 1.75 bits per heavy atom. The van der Waals surface area contributed by atoms with Gasteiger partial charge >= 0.3 is 0 Å². The van der Waals surface area contributed by atoms with Crippen LogP contribution in [0.25, 0.3) is 11.4 Å². The monoisotopic (exact) mass is 404 g/mol. The van der Waals surface area contributed by atoms with Crippen molar-refractivity contribution in [1.29, 1.82) is 0 Å². The number of halogens is 1. The molecule has 28 heavy (non-hydrogen) atoms. The predicted molar refractivity (Wildman–Crippen MR) is 110 cm³/mol. The third-order valence-electron chi connectivity index (χ3n) is 6.71. The molecule has 0 spiro atoms. The number of fused-ring (bicyclic) bond motifs is 3. The summed E-state index contributed by atoms with van der Waals surface area (Å²) >= 11 is 0. The molecule has 3 atom stereocenters. The Bertz CT molecular complexity index is 828. The zero-order valence-electron chi connectivity index (χ0n) is 16.6. The summed E-state index contributed by atoms with van der Waals surface area (Å²) in [6, 6.07) is 7.40. The lowest BCUT2D eigenvalue weighted by atomic mass is 9.78. The maximum atomic E-state index is 5.43. The molecule has 6 nitrogen and oxygen atoms in total. The first-order chi connectivity index (χ1) is 13.2. The van der Waals surface area contributed by atoms with Crippen molar-refractivity contribution < 1.29 is 9.47 Å². The lowest BCUT2D eigenvalue weighted by molar-refractivity contribution is 0.170. The van der Waals surface area contributed by atoms with Crippen LogP contribution in [0.2, 0.25) is 0 Å². The van der Waals surface area contributed by atoms with Gasteiger partial charge in [0.2, 0.25) is 0 Å². The fraction of sp³-hybridized carbons (Fsp3) is 0.619. The normalized spacial score (nSPS) is 28.4. The topological polar surface area (TPSA) is 61.2 Å². The van der Waals surface area contributed by atoms with Crippen LogP contribution >= 0.6 is 12.4 Å². The van der Waals surface area contributed by atoms with Crippen molar-refractivity contribution in [3.63, 3.8) is 0 Å². The summed E-state index contributed by atoms with van der Waals surface area (Å²) in [4.78, 5) is 4.82. The standard InChI is InChI=1S/C21H28N4O2.ClH/c1-26-18-7-3-13(11-19(18)27-2)21-23-20-8-4-14(12-25(20)24-21)15-9-16-5-6-17(10-15)22-16;/h3,7,11,14-17,22H,4-6,8-10,12H2,1-2H3;1H. The van der Waals surface area contributed by atoms with Crippen LogP contribution in [-0.2, 0) is 13.0 Å². The Morgan fingerprint density at radius 1 is 1.00 bits per heavy atom. The summed E-state index contributed by atoms with van der Waals surface area (Å²) in [5.41, 5.74) is 0.978. The molecule has 0 radical (unpaired) electrons. The van der Waals surface area contributed by atoms with E-state index in [9.17, 15) is 0 Å². The zero-order valence-corrected chi connectivity index (χ0v) is 17.4. The van der Waals surface area contributed by atoms with Gasteiger partial charge in [0.15, 0.2) is 17.3 Å². The smallest absolute Gasteiger partial charge is 0.181 e. The molecule has 3 aliphatic rings. The molecule has 0 aliphatic carbocycles. The highest BCUT2D eigenvalue weighted by Crippen LogP contribution is 2.39. The maximum Gasteiger partial charge on any atom is 0.181 e. The minimum Gasteiger partial charge on any atom is -0.493 e. The number of ether oxygens (including phenoxy) is 2. The Morgan fingerprint density at radius 3 is 2.46 bits per heavy atom. The fourth-order valence-electron chi connectivity index (χ4n) is 5.30. The van der Waals surface area contributed by atoms with Gasteiger partial charge < -0.3 is 14.8 Å². The molecule has 2 fully saturated rings. The molecule has 0 amide bonds. The largest absolute Gasteiger partial charge is 0.493 e. The second-order valence-corrected chi connectivity index (χ2v) is 8.27. The Hall–Kier alpha value is -1.79. The van der Waals surface area contributed by atoms with Gasteiger partial charge in [0, 0.05) is 30.6 Å². The van der Waals surface area contributed by atoms with E-state index in [-0.39, 0.29) is 12.4 Å². The molecule has 1 aromatic heterocycles. The number of aryl methyl sites for hydroxylation is 1. The minimum atomic E-state index is 0. The van der Waals surface area contributed by atoms with Gasteiger partial charge in [-0.05, 0) is 62.1 Å². The van der Waals surface area contributed by atoms with Gasteiger partial charge in [-0.3, -0.25) is 0 Å². The number of rotatable bonds is 4. The number of piperidine rings is 1. The Kier molecular flexibility index (Phi) is 5.52. The predicted octanol–water partition coefficient (Wildman–Crippen LogP) is 3.48. The second-order valence-electron chi connectivity index (χ2n) is 8.27. The van der Waals surface area contributed by atoms with Gasteiger partial charge in [0.1, 0.15) is 5.82 Å². The molecule has 3 aliphatic heterocycles. The molecule has 3 unspecified atom stereocenters. The number of nitrogens with zero attached hydrogens (tertiary/aromatic N) is 3. The van der Waals surface area contributed by atoms with Crippen molar-refractivity contribution in [1.82, 2.24) is 20.1 Å². The van der Waals surface area contributed by atoms with E-state index in [1.165, 1.54) is 32.1 Å². The third-order valence-corrected chi connectivity index (χ3v) is 6.71. The number of hydrogen-bond acceptors (Lipinski definition) is 5. The van der Waals surface area contributed by atoms with Gasteiger partial charge in [-0.15, -0.1) is 12.4 Å². The van der Waals surface area contributed by atoms with Crippen LogP contribution < -0.4 is 14.8 Å². The Labute approximate surface area is 172 Å². The van der Waals surface area contributed by atoms with E-state index in [2.05, 4.69) is 10.00 Å². The van der Waals surface area contributed by atoms with Gasteiger partial charge in [0.05, 0.1) is 14.2 Å². The van der Waals surface area contributed by atoms with Crippen LogP contribution in [0.4, 0.5) is 0 Å². The third kappa shape index (κ3) is 3.48. The van der Waals surface area contributed by atoms with Crippen molar-refractivity contribution in [3.05, 3.63) is 24.0 Å². The van der Waals surface area contributed by atoms with E-state index in [1.807, 2.05) is 18.2 Å². The SMILES string of the molecule is COc1ccc(-c2nc3n(n2)CC(C2CC4CCC(C2)N4)CC3)cc1OC.Cl. The molecule has 4 heterocycles. The lowest BCUT2D eigenvalue weighted by Crippen LogP contribution is -2.42. The van der Waals surface area contributed by atoms with Crippen molar-refractivity contribution in [2.24, 2.45) is 11.8 Å². The van der Waals surface area contributed by atoms with Gasteiger partial charge in [-0.1, -0.05) is 0 Å². The molecule has 0 saturated carbocycles. The van der Waals surface area contributed by atoms with Crippen LogP contribution in [0.1, 0.15) is 37.9 Å². The highest BCUT2D eigenvalue weighted by atomic mass is 35.5. The van der Waals surface area contributed by atoms with E-state index >= 15 is 0 Å². The second kappa shape index (κ2) is 7.91. The molecule has 5 rings (SSSR count). The molecular weight excluding hydrogens is 376 g/mol. The zero-order chi connectivity index (χ0) is 18.4. The van der Waals surface area contributed by atoms with Crippen LogP contribution in [-0.4, -0.2) is 41.1 Å². The lowest BCUT2D eigenvalue weighted by Gasteiger charge is -2.36. The summed E-state index contributed by atoms with van der Waals surface area (Å²) < 4.78 is 12.9. The molecule has 2 aromatic rings. The van der Waals surface area contributed by atoms with Crippen LogP contribution in [0.3, 0.4) is 0 Å². The quantitative estimate of drug-likeness (QED) is 0.845. The number of methoxy groups -OCH3 is 2. The number of aromatic nitrogens is 3. The van der Waals surface area contributed by atoms with E-state index < -0.39 is 0 Å². The van der Waals surface area contributed by atoms with E-state index in [0.717, 1.165) is 59.8 Å². The number of hydrogen-bond donors (Lipinski definition) is 1. The summed E-state index contributed by atoms with van der Waals surface area (Å²) in [5, 5.41) is 8.61. The van der Waals surface area contributed by atoms with Crippen LogP contribution in [0, 0.1) is 11.8 Å². The van der Waals surface area contributed by atoms with Crippen molar-refractivity contribution in [3.8, 4) is 22.9 Å². The van der Waals surface area contributed by atoms with Crippen molar-refractivity contribution in [2.45, 2.75) is 57.2 Å². The van der Waals surface area contributed by atoms with Crippen molar-refractivity contribution in [2.75, 3.05) is 14.2 Å². The molecule has 1 aromatic carbocycles. The average Bonchev–Trinajstić information content (AvgIpc) is 3.29. The molecule has 2 saturated heterocycles. The first kappa shape index (κ1) is 19.5. The highest BCUT2D eigenvalue weighted by Gasteiger charge is 2.38. The van der Waals surface area contributed by atoms with E-state index in [4.69, 9.17) is 19.6 Å². The maximum absolute atomic E-state index is 5.43. The fourth-order valence-corrected chi connectivity index (χ4v) is 5.30. The average molecular weight is 405 g/mol. The molecule has 152 valence electrons. The van der Waals surface area contributed by atoms with Gasteiger partial charge in [-0.2, -0.15) is 5.10 Å². The van der Waals surface area contributed by atoms with E-state index in [1.54, 1.807) is 14.2 Å². The Balaban J connectivity index is 0.00000192. The molecular formula is C21H29ClN4O2. The summed E-state index contributed by atoms with van der Waals surface area (Å²) in [5.74, 6) is 4.93. The highest BCUT2D eigenvalue weighted by molar-refractivity contribution is 5.85. The van der Waals surface area contributed by atoms with E-state index in [0.29, 0.717) is 5.75 Å². The molecule has 7 heteroatoms. The van der Waals surface area contributed by atoms with Crippen LogP contribution in [0.15, 0.2) is 18.2 Å². The molecule has 2 bridgehead atoms. The van der Waals surface area contributed by atoms with Crippen molar-refractivity contribution >= 4 is 12.4 Å². The minimum absolute atomic E-state index is 0. The summed E-state index contributed by atoms with van der Waals surface area (Å²) in [6.07, 6.45) is 7.69. The number of benzene rings is 1. The van der Waals surface area contributed by atoms with Gasteiger partial charge in [-0.25, -0.2) is 9.67 Å². The first-order valence-electron chi connectivity index (χ1n) is 10.2. The molecule has 1 N–H and O–H groups in total. The van der Waals surface area contributed by atoms with Gasteiger partial charge in [0.25, 0.3) is 0 Å². The number of nitrogens with one attached hydrogen (secondary N) is 1. The first-order valence-corrected chi connectivity index (χ1v) is 10.2. The summed E-state index contributed by atoms with van der Waals surface area (Å²) in [7, 11) is 3.31. The van der Waals surface area contributed by atoms with Crippen LogP contribution in [0.5, 0.6) is 11.5 Å². The summed E-state index contributed by atoms with van der Waals surface area (Å²) in [6.45, 7) is 1.01.